The molecule has 0 aromatic heterocycles. The summed E-state index contributed by atoms with van der Waals surface area (Å²) >= 11 is 0. The smallest absolute Gasteiger partial charge is 0.463 e. The van der Waals surface area contributed by atoms with E-state index < -0.39 is 91.5 Å². The molecule has 0 saturated heterocycles. The predicted molar refractivity (Wildman–Crippen MR) is 500 cm³/mol. The molecule has 0 fully saturated rings. The molecule has 0 bridgehead atoms. The molecule has 0 amide bonds. The van der Waals surface area contributed by atoms with Gasteiger partial charge in [-0.3, -0.25) is 32.5 Å². The van der Waals surface area contributed by atoms with Gasteiger partial charge in [0.05, 0.1) is 26.4 Å². The van der Waals surface area contributed by atoms with Crippen molar-refractivity contribution in [2.24, 2.45) is 0 Å². The molecule has 5 atom stereocenters. The Hall–Kier alpha value is -5.61. The first-order chi connectivity index (χ1) is 58.2. The zero-order valence-corrected chi connectivity index (χ0v) is 76.5. The molecular formula is C101H168O16P2. The molecule has 5 unspecified atom stereocenters. The van der Waals surface area contributed by atoms with E-state index in [4.69, 9.17) is 32.3 Å². The van der Waals surface area contributed by atoms with Crippen LogP contribution in [-0.4, -0.2) is 95.9 Å². The molecule has 0 aliphatic rings. The van der Waals surface area contributed by atoms with Crippen LogP contribution in [0, 0.1) is 0 Å². The fourth-order valence-electron chi connectivity index (χ4n) is 12.3. The lowest BCUT2D eigenvalue weighted by Crippen LogP contribution is -2.30. The van der Waals surface area contributed by atoms with Gasteiger partial charge in [0.1, 0.15) is 25.4 Å². The van der Waals surface area contributed by atoms with Crippen molar-refractivity contribution in [3.63, 3.8) is 0 Å². The average Bonchev–Trinajstić information content (AvgIpc) is 0.903. The molecule has 4 N–H and O–H groups in total. The van der Waals surface area contributed by atoms with Gasteiger partial charge < -0.3 is 34.2 Å². The Morgan fingerprint density at radius 3 is 0.706 bits per heavy atom. The number of carbonyl (C=O) groups excluding carboxylic acids is 3. The van der Waals surface area contributed by atoms with Crippen LogP contribution in [0.2, 0.25) is 0 Å². The van der Waals surface area contributed by atoms with Crippen molar-refractivity contribution < 1.29 is 75.8 Å². The quantitative estimate of drug-likeness (QED) is 0.0146. The van der Waals surface area contributed by atoms with Gasteiger partial charge in [-0.05, 0) is 167 Å². The summed E-state index contributed by atoms with van der Waals surface area (Å²) < 4.78 is 61.5. The number of carbonyl (C=O) groups is 3. The standard InChI is InChI=1S/C101H168O16P2/c1-4-7-10-13-16-19-22-25-28-31-34-37-40-43-46-47-50-52-54-57-60-63-66-69-72-75-78-81-84-87-99(104)111-90-96(102)91-113-118(107,108)114-92-97(103)93-115-119(109,110)116-95-98(117-101(106)89-86-83-80-77-74-71-68-65-62-59-56-53-49-45-42-39-36-33-30-27-24-21-18-15-12-9-6-3)94-112-100(105)88-85-82-79-76-73-70-67-64-61-58-55-51-48-44-41-38-35-32-29-26-23-20-17-14-11-8-5-2/h8-9,11-12,16-21,25-30,34-39,43-46,48-49,55-56,58-59,96-98,102-103H,4-7,10,13-15,22-24,31-33,40-42,47,50-54,57,60-95H2,1-3H3,(H,107,108)(H,109,110)/b11-8-,12-9-,19-16-,20-17-,21-18-,28-25-,29-26-,30-27-,37-34-,38-35-,39-36-,46-43-,48-44-,49-45-,58-55-,59-56-. The number of hydrogen-bond acceptors (Lipinski definition) is 14. The number of aliphatic hydroxyl groups excluding tert-OH is 2. The van der Waals surface area contributed by atoms with Crippen molar-refractivity contribution in [2.45, 2.75) is 386 Å². The third-order valence-corrected chi connectivity index (χ3v) is 21.2. The van der Waals surface area contributed by atoms with Gasteiger partial charge in [0.2, 0.25) is 0 Å². The lowest BCUT2D eigenvalue weighted by Gasteiger charge is -2.21. The lowest BCUT2D eigenvalue weighted by atomic mass is 10.0. The van der Waals surface area contributed by atoms with E-state index in [0.29, 0.717) is 19.3 Å². The van der Waals surface area contributed by atoms with Crippen molar-refractivity contribution in [2.75, 3.05) is 39.6 Å². The normalized spacial score (nSPS) is 14.6. The molecule has 0 aliphatic heterocycles. The molecule has 678 valence electrons. The van der Waals surface area contributed by atoms with Crippen LogP contribution in [0.4, 0.5) is 0 Å². The van der Waals surface area contributed by atoms with E-state index >= 15 is 0 Å². The van der Waals surface area contributed by atoms with Gasteiger partial charge >= 0.3 is 33.6 Å². The molecule has 0 aromatic rings. The van der Waals surface area contributed by atoms with Crippen molar-refractivity contribution in [1.29, 1.82) is 0 Å². The van der Waals surface area contributed by atoms with Gasteiger partial charge in [-0.15, -0.1) is 0 Å². The van der Waals surface area contributed by atoms with Crippen LogP contribution in [0.25, 0.3) is 0 Å². The van der Waals surface area contributed by atoms with Gasteiger partial charge in [0.25, 0.3) is 0 Å². The van der Waals surface area contributed by atoms with Crippen LogP contribution in [0.5, 0.6) is 0 Å². The van der Waals surface area contributed by atoms with E-state index in [1.54, 1.807) is 0 Å². The van der Waals surface area contributed by atoms with Crippen LogP contribution < -0.4 is 0 Å². The summed E-state index contributed by atoms with van der Waals surface area (Å²) in [7, 11) is -9.83. The Morgan fingerprint density at radius 1 is 0.244 bits per heavy atom. The number of phosphoric ester groups is 2. The summed E-state index contributed by atoms with van der Waals surface area (Å²) in [6.07, 6.45) is 122. The van der Waals surface area contributed by atoms with Crippen molar-refractivity contribution in [3.8, 4) is 0 Å². The highest BCUT2D eigenvalue weighted by Gasteiger charge is 2.29. The fourth-order valence-corrected chi connectivity index (χ4v) is 13.9. The number of unbranched alkanes of at least 4 members (excludes halogenated alkanes) is 32. The second-order valence-electron chi connectivity index (χ2n) is 30.7. The first-order valence-corrected chi connectivity index (χ1v) is 49.7. The van der Waals surface area contributed by atoms with E-state index in [9.17, 15) is 43.5 Å². The monoisotopic (exact) mass is 1700 g/mol. The zero-order chi connectivity index (χ0) is 86.5. The molecule has 0 aromatic carbocycles. The lowest BCUT2D eigenvalue weighted by molar-refractivity contribution is -0.161. The molecule has 0 spiro atoms. The molecule has 0 heterocycles. The second kappa shape index (κ2) is 91.6. The number of rotatable bonds is 87. The second-order valence-corrected chi connectivity index (χ2v) is 33.6. The van der Waals surface area contributed by atoms with Gasteiger partial charge in [-0.2, -0.15) is 0 Å². The Morgan fingerprint density at radius 2 is 0.445 bits per heavy atom. The highest BCUT2D eigenvalue weighted by molar-refractivity contribution is 7.47. The van der Waals surface area contributed by atoms with E-state index in [1.807, 2.05) is 0 Å². The highest BCUT2D eigenvalue weighted by Crippen LogP contribution is 2.45. The van der Waals surface area contributed by atoms with Gasteiger partial charge in [0, 0.05) is 19.3 Å². The summed E-state index contributed by atoms with van der Waals surface area (Å²) in [4.78, 5) is 59.1. The largest absolute Gasteiger partial charge is 0.472 e. The Bertz CT molecular complexity index is 2940. The van der Waals surface area contributed by atoms with Crippen LogP contribution in [-0.2, 0) is 55.8 Å². The summed E-state index contributed by atoms with van der Waals surface area (Å²) in [5.41, 5.74) is 0. The molecule has 0 aliphatic carbocycles. The van der Waals surface area contributed by atoms with E-state index in [2.05, 4.69) is 215 Å². The minimum absolute atomic E-state index is 0.0847. The molecular weight excluding hydrogens is 1530 g/mol. The number of esters is 3. The minimum atomic E-state index is -4.95. The first kappa shape index (κ1) is 113. The third kappa shape index (κ3) is 92.9. The van der Waals surface area contributed by atoms with Gasteiger partial charge in [-0.1, -0.05) is 376 Å². The van der Waals surface area contributed by atoms with Crippen LogP contribution in [0.15, 0.2) is 194 Å². The maximum Gasteiger partial charge on any atom is 0.472 e. The number of allylic oxidation sites excluding steroid dienone is 32. The first-order valence-electron chi connectivity index (χ1n) is 46.7. The SMILES string of the molecule is CC/C=C\C/C=C\C/C=C\C/C=C\C/C=C\C/C=C\CCCCCCCCCCC(=O)OCC(COP(=O)(O)OCC(O)COP(=O)(O)OCC(O)COC(=O)CCCCCCCCCCCCCCC/C=C\C/C=C\C/C=C\C/C=C\CCCCC)OC(=O)CCCCCCCCCC/C=C\C/C=C\C/C=C\C/C=C\C/C=C\C/C=C\CC. The Balaban J connectivity index is 4.70. The maximum atomic E-state index is 13.1. The summed E-state index contributed by atoms with van der Waals surface area (Å²) in [6.45, 7) is 2.43. The maximum absolute atomic E-state index is 13.1. The molecule has 16 nitrogen and oxygen atoms in total. The predicted octanol–water partition coefficient (Wildman–Crippen LogP) is 29.0. The number of phosphoric acid groups is 2. The van der Waals surface area contributed by atoms with Crippen molar-refractivity contribution in [3.05, 3.63) is 194 Å². The van der Waals surface area contributed by atoms with Crippen LogP contribution in [0.1, 0.15) is 367 Å². The average molecular weight is 1700 g/mol. The highest BCUT2D eigenvalue weighted by atomic mass is 31.2. The van der Waals surface area contributed by atoms with Gasteiger partial charge in [0.15, 0.2) is 6.10 Å². The van der Waals surface area contributed by atoms with E-state index in [1.165, 1.54) is 89.9 Å². The van der Waals surface area contributed by atoms with Crippen molar-refractivity contribution in [1.82, 2.24) is 0 Å². The summed E-state index contributed by atoms with van der Waals surface area (Å²) in [5, 5.41) is 20.8. The van der Waals surface area contributed by atoms with Crippen molar-refractivity contribution >= 4 is 33.6 Å². The zero-order valence-electron chi connectivity index (χ0n) is 74.7. The number of aliphatic hydroxyl groups is 2. The molecule has 18 heteroatoms. The Labute approximate surface area is 725 Å². The topological polar surface area (TPSA) is 231 Å². The molecule has 0 saturated carbocycles. The molecule has 0 radical (unpaired) electrons. The summed E-state index contributed by atoms with van der Waals surface area (Å²) in [6, 6.07) is 0. The van der Waals surface area contributed by atoms with Crippen LogP contribution >= 0.6 is 15.6 Å². The molecule has 119 heavy (non-hydrogen) atoms. The number of ether oxygens (including phenoxy) is 3. The molecule has 0 rings (SSSR count). The van der Waals surface area contributed by atoms with Crippen LogP contribution in [0.3, 0.4) is 0 Å². The minimum Gasteiger partial charge on any atom is -0.463 e. The number of hydrogen-bond donors (Lipinski definition) is 4. The third-order valence-electron chi connectivity index (χ3n) is 19.3. The van der Waals surface area contributed by atoms with Gasteiger partial charge in [-0.25, -0.2) is 9.13 Å². The van der Waals surface area contributed by atoms with E-state index in [0.717, 1.165) is 218 Å². The Kier molecular flexibility index (Phi) is 87.3. The fraction of sp³-hybridized carbons (Fsp3) is 0.653. The summed E-state index contributed by atoms with van der Waals surface area (Å²) in [5.74, 6) is -1.60. The van der Waals surface area contributed by atoms with E-state index in [-0.39, 0.29) is 19.3 Å².